The molecule has 3 N–H and O–H groups in total. The summed E-state index contributed by atoms with van der Waals surface area (Å²) in [5.74, 6) is -1.03. The van der Waals surface area contributed by atoms with E-state index >= 15 is 0 Å². The standard InChI is InChI=1S/C22H22N6O3S2/c1-3-22(15-7-5-4-6-8-15)18(30)28(20(31)24-22)27-17(29)13-32-21-26-25-19(33-21)23-16-11-9-14(2)10-12-16/h4-12H,3,13H2,1-2H3,(H,23,25)(H,24,31)(H,27,29). The van der Waals surface area contributed by atoms with Gasteiger partial charge in [0.15, 0.2) is 4.34 Å². The van der Waals surface area contributed by atoms with E-state index in [1.54, 1.807) is 24.3 Å². The highest BCUT2D eigenvalue weighted by molar-refractivity contribution is 8.01. The van der Waals surface area contributed by atoms with Gasteiger partial charge in [0.1, 0.15) is 5.54 Å². The molecule has 0 bridgehead atoms. The molecule has 1 aromatic heterocycles. The van der Waals surface area contributed by atoms with Gasteiger partial charge in [0.05, 0.1) is 5.75 Å². The first-order valence-corrected chi connectivity index (χ1v) is 12.0. The summed E-state index contributed by atoms with van der Waals surface area (Å²) < 4.78 is 0.587. The van der Waals surface area contributed by atoms with Gasteiger partial charge in [-0.2, -0.15) is 5.01 Å². The fourth-order valence-corrected chi connectivity index (χ4v) is 4.97. The monoisotopic (exact) mass is 482 g/mol. The second-order valence-electron chi connectivity index (χ2n) is 7.38. The summed E-state index contributed by atoms with van der Waals surface area (Å²) in [5, 5.41) is 15.4. The molecular formula is C22H22N6O3S2. The minimum Gasteiger partial charge on any atom is -0.330 e. The van der Waals surface area contributed by atoms with Gasteiger partial charge in [-0.05, 0) is 31.0 Å². The maximum atomic E-state index is 13.1. The van der Waals surface area contributed by atoms with Crippen molar-refractivity contribution in [3.8, 4) is 0 Å². The molecule has 11 heteroatoms. The van der Waals surface area contributed by atoms with E-state index in [9.17, 15) is 14.4 Å². The molecule has 9 nitrogen and oxygen atoms in total. The van der Waals surface area contributed by atoms with E-state index in [2.05, 4.69) is 26.3 Å². The first-order chi connectivity index (χ1) is 15.9. The van der Waals surface area contributed by atoms with E-state index < -0.39 is 23.4 Å². The number of nitrogens with one attached hydrogen (secondary N) is 3. The molecule has 0 radical (unpaired) electrons. The molecule has 170 valence electrons. The highest BCUT2D eigenvalue weighted by Crippen LogP contribution is 2.32. The second kappa shape index (κ2) is 9.59. The van der Waals surface area contributed by atoms with Gasteiger partial charge in [0, 0.05) is 5.69 Å². The van der Waals surface area contributed by atoms with Crippen molar-refractivity contribution in [2.24, 2.45) is 0 Å². The van der Waals surface area contributed by atoms with Crippen LogP contribution in [0, 0.1) is 6.92 Å². The first-order valence-electron chi connectivity index (χ1n) is 10.2. The van der Waals surface area contributed by atoms with Crippen molar-refractivity contribution in [2.45, 2.75) is 30.1 Å². The van der Waals surface area contributed by atoms with Crippen molar-refractivity contribution in [3.63, 3.8) is 0 Å². The lowest BCUT2D eigenvalue weighted by molar-refractivity contribution is -0.138. The lowest BCUT2D eigenvalue weighted by atomic mass is 9.87. The minimum atomic E-state index is -1.20. The number of carbonyl (C=O) groups excluding carboxylic acids is 3. The second-order valence-corrected chi connectivity index (χ2v) is 9.58. The largest absolute Gasteiger partial charge is 0.344 e. The third-order valence-corrected chi connectivity index (χ3v) is 7.13. The van der Waals surface area contributed by atoms with Gasteiger partial charge in [-0.1, -0.05) is 78.1 Å². The molecule has 1 unspecified atom stereocenters. The molecule has 0 spiro atoms. The van der Waals surface area contributed by atoms with E-state index in [-0.39, 0.29) is 5.75 Å². The zero-order chi connectivity index (χ0) is 23.4. The predicted molar refractivity (Wildman–Crippen MR) is 127 cm³/mol. The highest BCUT2D eigenvalue weighted by atomic mass is 32.2. The number of hydrogen-bond donors (Lipinski definition) is 3. The smallest absolute Gasteiger partial charge is 0.330 e. The third-order valence-electron chi connectivity index (χ3n) is 5.16. The van der Waals surface area contributed by atoms with Crippen molar-refractivity contribution in [1.82, 2.24) is 25.9 Å². The molecule has 0 aliphatic carbocycles. The third kappa shape index (κ3) is 4.83. The molecule has 2 heterocycles. The number of aryl methyl sites for hydroxylation is 1. The van der Waals surface area contributed by atoms with Crippen molar-refractivity contribution < 1.29 is 14.4 Å². The maximum absolute atomic E-state index is 13.1. The Hall–Kier alpha value is -3.44. The van der Waals surface area contributed by atoms with Crippen LogP contribution in [0.25, 0.3) is 0 Å². The number of urea groups is 1. The van der Waals surface area contributed by atoms with Gasteiger partial charge in [-0.3, -0.25) is 15.0 Å². The number of thioether (sulfide) groups is 1. The van der Waals surface area contributed by atoms with Crippen molar-refractivity contribution >= 4 is 51.8 Å². The summed E-state index contributed by atoms with van der Waals surface area (Å²) in [4.78, 5) is 38.0. The van der Waals surface area contributed by atoms with Crippen molar-refractivity contribution in [3.05, 3.63) is 65.7 Å². The molecule has 1 aliphatic rings. The van der Waals surface area contributed by atoms with E-state index in [1.165, 1.54) is 23.1 Å². The Kier molecular flexibility index (Phi) is 6.61. The average Bonchev–Trinajstić information content (AvgIpc) is 3.37. The molecule has 0 saturated carbocycles. The summed E-state index contributed by atoms with van der Waals surface area (Å²) >= 11 is 2.48. The van der Waals surface area contributed by atoms with Crippen LogP contribution in [0.3, 0.4) is 0 Å². The van der Waals surface area contributed by atoms with Crippen LogP contribution in [0.15, 0.2) is 58.9 Å². The van der Waals surface area contributed by atoms with E-state index in [0.29, 0.717) is 21.5 Å². The molecule has 2 aromatic carbocycles. The van der Waals surface area contributed by atoms with Crippen molar-refractivity contribution in [1.29, 1.82) is 0 Å². The number of anilines is 2. The molecule has 4 amide bonds. The maximum Gasteiger partial charge on any atom is 0.344 e. The zero-order valence-electron chi connectivity index (χ0n) is 18.0. The Morgan fingerprint density at radius 3 is 2.55 bits per heavy atom. The first kappa shape index (κ1) is 22.7. The normalized spacial score (nSPS) is 17.7. The van der Waals surface area contributed by atoms with Crippen LogP contribution in [-0.4, -0.2) is 38.8 Å². The molecule has 1 atom stereocenters. The molecule has 1 fully saturated rings. The van der Waals surface area contributed by atoms with Gasteiger partial charge in [0.2, 0.25) is 11.0 Å². The van der Waals surface area contributed by atoms with Gasteiger partial charge in [-0.15, -0.1) is 10.2 Å². The summed E-state index contributed by atoms with van der Waals surface area (Å²) in [5.41, 5.74) is 3.93. The van der Waals surface area contributed by atoms with E-state index in [0.717, 1.165) is 16.3 Å². The highest BCUT2D eigenvalue weighted by Gasteiger charge is 2.52. The Bertz CT molecular complexity index is 1170. The van der Waals surface area contributed by atoms with Gasteiger partial charge in [0.25, 0.3) is 5.91 Å². The van der Waals surface area contributed by atoms with Gasteiger partial charge >= 0.3 is 6.03 Å². The molecule has 3 aromatic rings. The fourth-order valence-electron chi connectivity index (χ4n) is 3.40. The number of imide groups is 1. The lowest BCUT2D eigenvalue weighted by Gasteiger charge is -2.25. The summed E-state index contributed by atoms with van der Waals surface area (Å²) in [6.07, 6.45) is 0.351. The molecule has 1 aliphatic heterocycles. The molecule has 4 rings (SSSR count). The van der Waals surface area contributed by atoms with Crippen LogP contribution in [0.1, 0.15) is 24.5 Å². The van der Waals surface area contributed by atoms with E-state index in [4.69, 9.17) is 0 Å². The number of benzene rings is 2. The van der Waals surface area contributed by atoms with Crippen LogP contribution < -0.4 is 16.1 Å². The number of rotatable bonds is 8. The molecular weight excluding hydrogens is 460 g/mol. The fraction of sp³-hybridized carbons (Fsp3) is 0.227. The van der Waals surface area contributed by atoms with Crippen LogP contribution in [0.4, 0.5) is 15.6 Å². The van der Waals surface area contributed by atoms with Gasteiger partial charge in [-0.25, -0.2) is 4.79 Å². The summed E-state index contributed by atoms with van der Waals surface area (Å²) in [6.45, 7) is 3.82. The van der Waals surface area contributed by atoms with Crippen LogP contribution >= 0.6 is 23.1 Å². The quantitative estimate of drug-likeness (QED) is 0.332. The number of aromatic nitrogens is 2. The molecule has 1 saturated heterocycles. The zero-order valence-corrected chi connectivity index (χ0v) is 19.6. The Balaban J connectivity index is 1.34. The number of amides is 4. The summed E-state index contributed by atoms with van der Waals surface area (Å²) in [7, 11) is 0. The van der Waals surface area contributed by atoms with Crippen molar-refractivity contribution in [2.75, 3.05) is 11.1 Å². The topological polar surface area (TPSA) is 116 Å². The Morgan fingerprint density at radius 2 is 1.85 bits per heavy atom. The average molecular weight is 483 g/mol. The minimum absolute atomic E-state index is 0.0271. The Labute approximate surface area is 198 Å². The number of hydrogen-bond acceptors (Lipinski definition) is 8. The predicted octanol–water partition coefficient (Wildman–Crippen LogP) is 3.57. The number of hydrazine groups is 1. The number of carbonyl (C=O) groups is 3. The van der Waals surface area contributed by atoms with Crippen LogP contribution in [0.2, 0.25) is 0 Å². The van der Waals surface area contributed by atoms with E-state index in [1.807, 2.05) is 44.2 Å². The lowest BCUT2D eigenvalue weighted by Crippen LogP contribution is -2.49. The molecule has 33 heavy (non-hydrogen) atoms. The van der Waals surface area contributed by atoms with Gasteiger partial charge < -0.3 is 10.6 Å². The Morgan fingerprint density at radius 1 is 1.12 bits per heavy atom. The number of nitrogens with zero attached hydrogens (tertiary/aromatic N) is 3. The van der Waals surface area contributed by atoms with Crippen LogP contribution in [-0.2, 0) is 15.1 Å². The SMILES string of the molecule is CCC1(c2ccccc2)NC(=O)N(NC(=O)CSc2nnc(Nc3ccc(C)cc3)s2)C1=O. The summed E-state index contributed by atoms with van der Waals surface area (Å²) in [6, 6.07) is 16.2. The van der Waals surface area contributed by atoms with Crippen LogP contribution in [0.5, 0.6) is 0 Å².